The molecule has 1 aromatic carbocycles. The summed E-state index contributed by atoms with van der Waals surface area (Å²) in [7, 11) is 0.792. The van der Waals surface area contributed by atoms with E-state index in [-0.39, 0.29) is 11.5 Å². The van der Waals surface area contributed by atoms with Crippen LogP contribution in [0.15, 0.2) is 48.8 Å². The zero-order valence-electron chi connectivity index (χ0n) is 18.8. The third-order valence-electron chi connectivity index (χ3n) is 5.35. The fourth-order valence-corrected chi connectivity index (χ4v) is 4.94. The number of likely N-dealkylation sites (tertiary alicyclic amines) is 1. The van der Waals surface area contributed by atoms with Crippen LogP contribution >= 0.6 is 0 Å². The summed E-state index contributed by atoms with van der Waals surface area (Å²) in [6.45, 7) is 1.16. The third kappa shape index (κ3) is 8.74. The SMILES string of the molecule is CNC=CCS(=O)(=O)Cc1ccc2[nH]cc(C[C@H]3CCCN3C)c2c1.O=C(O)/C=C/C(=O)O. The van der Waals surface area contributed by atoms with E-state index in [1.54, 1.807) is 19.3 Å². The van der Waals surface area contributed by atoms with Gasteiger partial charge < -0.3 is 25.4 Å². The number of carboxylic acids is 2. The molecule has 9 nitrogen and oxygen atoms in total. The normalized spacial score (nSPS) is 16.8. The molecule has 2 heterocycles. The number of carbonyl (C=O) groups is 2. The molecule has 1 saturated heterocycles. The Morgan fingerprint density at radius 2 is 1.94 bits per heavy atom. The van der Waals surface area contributed by atoms with E-state index in [9.17, 15) is 18.0 Å². The number of fused-ring (bicyclic) bond motifs is 1. The lowest BCUT2D eigenvalue weighted by atomic mass is 10.0. The Morgan fingerprint density at radius 1 is 1.24 bits per heavy atom. The first-order valence-corrected chi connectivity index (χ1v) is 12.4. The number of hydrogen-bond acceptors (Lipinski definition) is 6. The van der Waals surface area contributed by atoms with E-state index in [1.165, 1.54) is 18.4 Å². The van der Waals surface area contributed by atoms with Crippen LogP contribution in [0.25, 0.3) is 10.9 Å². The maximum absolute atomic E-state index is 12.3. The zero-order valence-corrected chi connectivity index (χ0v) is 19.6. The maximum Gasteiger partial charge on any atom is 0.328 e. The molecule has 1 aliphatic heterocycles. The van der Waals surface area contributed by atoms with Gasteiger partial charge in [-0.25, -0.2) is 18.0 Å². The number of hydrogen-bond donors (Lipinski definition) is 4. The van der Waals surface area contributed by atoms with Crippen molar-refractivity contribution in [3.63, 3.8) is 0 Å². The molecular weight excluding hydrogens is 446 g/mol. The summed E-state index contributed by atoms with van der Waals surface area (Å²) in [5, 5.41) is 19.6. The van der Waals surface area contributed by atoms with Crippen molar-refractivity contribution in [3.05, 3.63) is 60.0 Å². The van der Waals surface area contributed by atoms with E-state index >= 15 is 0 Å². The predicted molar refractivity (Wildman–Crippen MR) is 128 cm³/mol. The van der Waals surface area contributed by atoms with Gasteiger partial charge in [0.1, 0.15) is 0 Å². The average molecular weight is 478 g/mol. The minimum absolute atomic E-state index is 0.0543. The van der Waals surface area contributed by atoms with Crippen LogP contribution in [0.3, 0.4) is 0 Å². The Kier molecular flexibility index (Phi) is 9.68. The second-order valence-electron chi connectivity index (χ2n) is 7.93. The number of aromatic amines is 1. The predicted octanol–water partition coefficient (Wildman–Crippen LogP) is 2.16. The zero-order chi connectivity index (χ0) is 24.4. The second kappa shape index (κ2) is 12.2. The standard InChI is InChI=1S/C19H27N3O2S.C4H4O4/c1-20-8-4-10-25(23,24)14-15-6-7-19-18(11-15)16(13-21-19)12-17-5-3-9-22(17)2;5-3(6)1-2-4(7)8/h4,6-8,11,13,17,20-21H,3,5,9-10,12,14H2,1-2H3;1-2H,(H,5,6)(H,7,8)/b;2-1+/t17-;/m1./s1. The van der Waals surface area contributed by atoms with Crippen molar-refractivity contribution in [2.45, 2.75) is 31.1 Å². The van der Waals surface area contributed by atoms with Crippen LogP contribution < -0.4 is 5.32 Å². The number of aromatic nitrogens is 1. The number of rotatable bonds is 9. The lowest BCUT2D eigenvalue weighted by Gasteiger charge is -2.18. The Labute approximate surface area is 193 Å². The van der Waals surface area contributed by atoms with Crippen molar-refractivity contribution in [2.24, 2.45) is 0 Å². The van der Waals surface area contributed by atoms with Crippen molar-refractivity contribution in [1.29, 1.82) is 0 Å². The minimum atomic E-state index is -3.15. The molecule has 0 aliphatic carbocycles. The number of sulfone groups is 1. The van der Waals surface area contributed by atoms with E-state index in [4.69, 9.17) is 10.2 Å². The van der Waals surface area contributed by atoms with Gasteiger partial charge in [-0.3, -0.25) is 0 Å². The lowest BCUT2D eigenvalue weighted by molar-refractivity contribution is -0.134. The van der Waals surface area contributed by atoms with E-state index in [1.807, 2.05) is 18.2 Å². The van der Waals surface area contributed by atoms with Gasteiger partial charge in [0.25, 0.3) is 0 Å². The fourth-order valence-electron chi connectivity index (χ4n) is 3.74. The molecule has 3 rings (SSSR count). The molecule has 10 heteroatoms. The molecule has 0 saturated carbocycles. The summed E-state index contributed by atoms with van der Waals surface area (Å²) >= 11 is 0. The number of carboxylic acid groups (broad SMARTS) is 2. The summed E-state index contributed by atoms with van der Waals surface area (Å²) in [6.07, 6.45) is 9.99. The topological polar surface area (TPSA) is 140 Å². The van der Waals surface area contributed by atoms with Gasteiger partial charge in [-0.2, -0.15) is 0 Å². The number of benzene rings is 1. The molecule has 1 aromatic heterocycles. The Bertz CT molecular complexity index is 1100. The fraction of sp³-hybridized carbons (Fsp3) is 0.391. The number of nitrogens with one attached hydrogen (secondary N) is 2. The van der Waals surface area contributed by atoms with E-state index in [2.05, 4.69) is 28.4 Å². The molecule has 2 aromatic rings. The summed E-state index contributed by atoms with van der Waals surface area (Å²) < 4.78 is 24.5. The first kappa shape index (κ1) is 26.1. The van der Waals surface area contributed by atoms with Crippen LogP contribution in [0.2, 0.25) is 0 Å². The van der Waals surface area contributed by atoms with Gasteiger partial charge >= 0.3 is 11.9 Å². The summed E-state index contributed by atoms with van der Waals surface area (Å²) in [5.74, 6) is -2.39. The van der Waals surface area contributed by atoms with Crippen molar-refractivity contribution in [3.8, 4) is 0 Å². The number of aliphatic carboxylic acids is 2. The maximum atomic E-state index is 12.3. The molecule has 0 unspecified atom stereocenters. The van der Waals surface area contributed by atoms with Crippen LogP contribution in [0.1, 0.15) is 24.0 Å². The molecule has 1 aliphatic rings. The van der Waals surface area contributed by atoms with E-state index in [0.29, 0.717) is 18.2 Å². The largest absolute Gasteiger partial charge is 0.478 e. The number of likely N-dealkylation sites (N-methyl/N-ethyl adjacent to an activating group) is 1. The highest BCUT2D eigenvalue weighted by Crippen LogP contribution is 2.26. The number of nitrogens with zero attached hydrogens (tertiary/aromatic N) is 1. The first-order valence-electron chi connectivity index (χ1n) is 10.6. The van der Waals surface area contributed by atoms with Crippen molar-refractivity contribution >= 4 is 32.7 Å². The van der Waals surface area contributed by atoms with E-state index in [0.717, 1.165) is 29.4 Å². The van der Waals surface area contributed by atoms with E-state index < -0.39 is 21.8 Å². The quantitative estimate of drug-likeness (QED) is 0.403. The molecule has 0 spiro atoms. The average Bonchev–Trinajstić information content (AvgIpc) is 3.33. The first-order chi connectivity index (χ1) is 15.6. The highest BCUT2D eigenvalue weighted by atomic mass is 32.2. The van der Waals surface area contributed by atoms with Gasteiger partial charge in [-0.1, -0.05) is 12.1 Å². The Hall–Kier alpha value is -3.11. The van der Waals surface area contributed by atoms with Crippen molar-refractivity contribution < 1.29 is 28.2 Å². The van der Waals surface area contributed by atoms with Crippen molar-refractivity contribution in [1.82, 2.24) is 15.2 Å². The molecule has 0 radical (unpaired) electrons. The third-order valence-corrected chi connectivity index (χ3v) is 6.82. The highest BCUT2D eigenvalue weighted by Gasteiger charge is 2.22. The lowest BCUT2D eigenvalue weighted by Crippen LogP contribution is -2.26. The molecular formula is C23H31N3O6S. The van der Waals surface area contributed by atoms with Crippen LogP contribution in [-0.4, -0.2) is 72.9 Å². The molecule has 180 valence electrons. The van der Waals surface area contributed by atoms with Crippen LogP contribution in [0.5, 0.6) is 0 Å². The van der Waals surface area contributed by atoms with Gasteiger partial charge in [-0.15, -0.1) is 0 Å². The van der Waals surface area contributed by atoms with Gasteiger partial charge in [0.05, 0.1) is 11.5 Å². The highest BCUT2D eigenvalue weighted by molar-refractivity contribution is 7.90. The summed E-state index contributed by atoms with van der Waals surface area (Å²) in [4.78, 5) is 24.8. The van der Waals surface area contributed by atoms with Crippen LogP contribution in [-0.2, 0) is 31.6 Å². The van der Waals surface area contributed by atoms with Gasteiger partial charge in [0, 0.05) is 42.3 Å². The van der Waals surface area contributed by atoms with Crippen LogP contribution in [0, 0.1) is 0 Å². The van der Waals surface area contributed by atoms with Gasteiger partial charge in [0.2, 0.25) is 0 Å². The molecule has 1 fully saturated rings. The second-order valence-corrected chi connectivity index (χ2v) is 10.0. The van der Waals surface area contributed by atoms with Crippen LogP contribution in [0.4, 0.5) is 0 Å². The summed E-state index contributed by atoms with van der Waals surface area (Å²) in [5.41, 5.74) is 3.21. The monoisotopic (exact) mass is 477 g/mol. The minimum Gasteiger partial charge on any atom is -0.478 e. The molecule has 4 N–H and O–H groups in total. The van der Waals surface area contributed by atoms with Crippen molar-refractivity contribution in [2.75, 3.05) is 26.4 Å². The smallest absolute Gasteiger partial charge is 0.328 e. The molecule has 1 atom stereocenters. The number of H-pyrrole nitrogens is 1. The Balaban J connectivity index is 0.000000414. The molecule has 33 heavy (non-hydrogen) atoms. The van der Waals surface area contributed by atoms with Gasteiger partial charge in [0.15, 0.2) is 9.84 Å². The molecule has 0 bridgehead atoms. The molecule has 0 amide bonds. The Morgan fingerprint density at radius 3 is 2.52 bits per heavy atom. The van der Waals surface area contributed by atoms with Gasteiger partial charge in [-0.05, 0) is 62.3 Å². The summed E-state index contributed by atoms with van der Waals surface area (Å²) in [6, 6.07) is 6.52.